The van der Waals surface area contributed by atoms with E-state index < -0.39 is 23.5 Å². The van der Waals surface area contributed by atoms with Gasteiger partial charge >= 0.3 is 5.91 Å². The van der Waals surface area contributed by atoms with Crippen LogP contribution in [0.1, 0.15) is 48.9 Å². The molecule has 1 saturated heterocycles. The quantitative estimate of drug-likeness (QED) is 0.116. The van der Waals surface area contributed by atoms with Gasteiger partial charge in [0.2, 0.25) is 0 Å². The number of halogens is 1. The standard InChI is InChI=1S/C30H27FN2O4S/c1-3-4-5-15-37-22-8-6-7-20(16-22)26-25(27(34)19-11-9-18(2)10-12-19)28(35)29(36)33(26)30-32-23-14-13-21(31)17-24(23)38-30/h6-14,16-17,26,34H,3-5,15H2,1-2H3/b27-25+. The van der Waals surface area contributed by atoms with Crippen molar-refractivity contribution in [2.75, 3.05) is 11.5 Å². The first-order valence-electron chi connectivity index (χ1n) is 12.5. The number of nitrogens with zero attached hydrogens (tertiary/aromatic N) is 2. The van der Waals surface area contributed by atoms with Gasteiger partial charge in [-0.2, -0.15) is 0 Å². The van der Waals surface area contributed by atoms with Gasteiger partial charge in [-0.15, -0.1) is 0 Å². The normalized spacial score (nSPS) is 16.9. The largest absolute Gasteiger partial charge is 0.507 e. The van der Waals surface area contributed by atoms with E-state index in [-0.39, 0.29) is 16.5 Å². The zero-order valence-corrected chi connectivity index (χ0v) is 21.9. The molecule has 3 aromatic carbocycles. The van der Waals surface area contributed by atoms with Gasteiger partial charge in [0, 0.05) is 5.56 Å². The summed E-state index contributed by atoms with van der Waals surface area (Å²) in [6, 6.07) is 17.5. The second-order valence-corrected chi connectivity index (χ2v) is 10.3. The molecule has 6 nitrogen and oxygen atoms in total. The van der Waals surface area contributed by atoms with Crippen molar-refractivity contribution >= 4 is 44.1 Å². The number of anilines is 1. The maximum Gasteiger partial charge on any atom is 0.301 e. The van der Waals surface area contributed by atoms with E-state index in [9.17, 15) is 19.1 Å². The van der Waals surface area contributed by atoms with Crippen LogP contribution < -0.4 is 9.64 Å². The van der Waals surface area contributed by atoms with Crippen molar-refractivity contribution in [2.45, 2.75) is 39.2 Å². The van der Waals surface area contributed by atoms with Crippen LogP contribution >= 0.6 is 11.3 Å². The molecule has 1 aromatic heterocycles. The van der Waals surface area contributed by atoms with Gasteiger partial charge in [0.25, 0.3) is 5.78 Å². The topological polar surface area (TPSA) is 79.7 Å². The number of carbonyl (C=O) groups is 2. The lowest BCUT2D eigenvalue weighted by atomic mass is 9.95. The van der Waals surface area contributed by atoms with Crippen molar-refractivity contribution < 1.29 is 23.8 Å². The Balaban J connectivity index is 1.64. The van der Waals surface area contributed by atoms with Gasteiger partial charge < -0.3 is 9.84 Å². The second-order valence-electron chi connectivity index (χ2n) is 9.27. The van der Waals surface area contributed by atoms with E-state index in [0.29, 0.717) is 33.7 Å². The minimum absolute atomic E-state index is 0.0348. The Morgan fingerprint density at radius 1 is 1.08 bits per heavy atom. The third kappa shape index (κ3) is 4.91. The van der Waals surface area contributed by atoms with Crippen molar-refractivity contribution in [3.05, 3.63) is 94.8 Å². The predicted molar refractivity (Wildman–Crippen MR) is 147 cm³/mol. The first kappa shape index (κ1) is 25.6. The summed E-state index contributed by atoms with van der Waals surface area (Å²) in [4.78, 5) is 32.7. The van der Waals surface area contributed by atoms with Crippen LogP contribution in [0, 0.1) is 12.7 Å². The molecule has 0 spiro atoms. The molecular weight excluding hydrogens is 503 g/mol. The van der Waals surface area contributed by atoms with Crippen molar-refractivity contribution in [3.8, 4) is 5.75 Å². The Bertz CT molecular complexity index is 1540. The van der Waals surface area contributed by atoms with Crippen LogP contribution in [-0.2, 0) is 9.59 Å². The van der Waals surface area contributed by atoms with E-state index in [4.69, 9.17) is 4.74 Å². The Morgan fingerprint density at radius 2 is 1.87 bits per heavy atom. The number of aryl methyl sites for hydroxylation is 1. The summed E-state index contributed by atoms with van der Waals surface area (Å²) in [5, 5.41) is 11.6. The number of ketones is 1. The molecule has 1 unspecified atom stereocenters. The van der Waals surface area contributed by atoms with Crippen LogP contribution in [0.3, 0.4) is 0 Å². The molecule has 0 radical (unpaired) electrons. The molecule has 0 bridgehead atoms. The molecule has 1 aliphatic rings. The Kier molecular flexibility index (Phi) is 7.24. The van der Waals surface area contributed by atoms with E-state index in [1.165, 1.54) is 23.1 Å². The highest BCUT2D eigenvalue weighted by molar-refractivity contribution is 7.22. The molecule has 5 rings (SSSR count). The van der Waals surface area contributed by atoms with Gasteiger partial charge in [-0.3, -0.25) is 14.5 Å². The molecule has 2 heterocycles. The van der Waals surface area contributed by atoms with Crippen LogP contribution in [0.15, 0.2) is 72.3 Å². The third-order valence-electron chi connectivity index (χ3n) is 6.51. The number of aliphatic hydroxyl groups excluding tert-OH is 1. The zero-order chi connectivity index (χ0) is 26.8. The first-order valence-corrected chi connectivity index (χ1v) is 13.4. The van der Waals surface area contributed by atoms with E-state index in [2.05, 4.69) is 11.9 Å². The van der Waals surface area contributed by atoms with Gasteiger partial charge in [0.15, 0.2) is 5.13 Å². The minimum Gasteiger partial charge on any atom is -0.507 e. The van der Waals surface area contributed by atoms with Gasteiger partial charge in [-0.25, -0.2) is 9.37 Å². The maximum atomic E-state index is 13.9. The number of amides is 1. The monoisotopic (exact) mass is 530 g/mol. The lowest BCUT2D eigenvalue weighted by molar-refractivity contribution is -0.132. The van der Waals surface area contributed by atoms with Gasteiger partial charge in [0.1, 0.15) is 17.3 Å². The number of carbonyl (C=O) groups excluding carboxylic acids is 2. The lowest BCUT2D eigenvalue weighted by Gasteiger charge is -2.23. The molecule has 1 atom stereocenters. The molecule has 38 heavy (non-hydrogen) atoms. The molecule has 194 valence electrons. The molecular formula is C30H27FN2O4S. The number of Topliss-reactive ketones (excluding diaryl/α,β-unsaturated/α-hetero) is 1. The summed E-state index contributed by atoms with van der Waals surface area (Å²) >= 11 is 1.11. The van der Waals surface area contributed by atoms with Crippen LogP contribution in [-0.4, -0.2) is 28.4 Å². The summed E-state index contributed by atoms with van der Waals surface area (Å²) in [5.41, 5.74) is 2.49. The average molecular weight is 531 g/mol. The van der Waals surface area contributed by atoms with Crippen molar-refractivity contribution in [2.24, 2.45) is 0 Å². The number of aromatic nitrogens is 1. The lowest BCUT2D eigenvalue weighted by Crippen LogP contribution is -2.29. The minimum atomic E-state index is -0.944. The molecule has 0 saturated carbocycles. The van der Waals surface area contributed by atoms with Crippen LogP contribution in [0.2, 0.25) is 0 Å². The van der Waals surface area contributed by atoms with Crippen molar-refractivity contribution in [1.82, 2.24) is 4.98 Å². The van der Waals surface area contributed by atoms with Crippen LogP contribution in [0.4, 0.5) is 9.52 Å². The predicted octanol–water partition coefficient (Wildman–Crippen LogP) is 6.94. The number of unbranched alkanes of at least 4 members (excludes halogenated alkanes) is 2. The molecule has 1 aliphatic heterocycles. The number of ether oxygens (including phenoxy) is 1. The van der Waals surface area contributed by atoms with Crippen LogP contribution in [0.25, 0.3) is 16.0 Å². The Morgan fingerprint density at radius 3 is 2.63 bits per heavy atom. The maximum absolute atomic E-state index is 13.9. The summed E-state index contributed by atoms with van der Waals surface area (Å²) in [7, 11) is 0. The fourth-order valence-corrected chi connectivity index (χ4v) is 5.54. The number of hydrogen-bond donors (Lipinski definition) is 1. The van der Waals surface area contributed by atoms with E-state index in [1.54, 1.807) is 30.3 Å². The molecule has 1 fully saturated rings. The van der Waals surface area contributed by atoms with Gasteiger partial charge in [-0.05, 0) is 49.2 Å². The molecule has 8 heteroatoms. The Labute approximate surface area is 224 Å². The summed E-state index contributed by atoms with van der Waals surface area (Å²) in [6.45, 7) is 4.59. The van der Waals surface area contributed by atoms with Crippen LogP contribution in [0.5, 0.6) is 5.75 Å². The number of benzene rings is 3. The highest BCUT2D eigenvalue weighted by Crippen LogP contribution is 2.45. The zero-order valence-electron chi connectivity index (χ0n) is 21.1. The van der Waals surface area contributed by atoms with Crippen molar-refractivity contribution in [3.63, 3.8) is 0 Å². The average Bonchev–Trinajstić information content (AvgIpc) is 3.44. The first-order chi connectivity index (χ1) is 18.4. The van der Waals surface area contributed by atoms with Gasteiger partial charge in [0.05, 0.1) is 28.4 Å². The van der Waals surface area contributed by atoms with Crippen molar-refractivity contribution in [1.29, 1.82) is 0 Å². The molecule has 0 aliphatic carbocycles. The molecule has 4 aromatic rings. The fraction of sp³-hybridized carbons (Fsp3) is 0.233. The molecule has 1 N–H and O–H groups in total. The number of aliphatic hydroxyl groups is 1. The summed E-state index contributed by atoms with van der Waals surface area (Å²) in [5.74, 6) is -1.70. The summed E-state index contributed by atoms with van der Waals surface area (Å²) in [6.07, 6.45) is 3.03. The van der Waals surface area contributed by atoms with Gasteiger partial charge in [-0.1, -0.05) is 73.1 Å². The summed E-state index contributed by atoms with van der Waals surface area (Å²) < 4.78 is 20.4. The fourth-order valence-electron chi connectivity index (χ4n) is 4.52. The number of rotatable bonds is 8. The number of hydrogen-bond acceptors (Lipinski definition) is 6. The van der Waals surface area contributed by atoms with E-state index in [1.807, 2.05) is 25.1 Å². The highest BCUT2D eigenvalue weighted by atomic mass is 32.1. The smallest absolute Gasteiger partial charge is 0.301 e. The van der Waals surface area contributed by atoms with E-state index in [0.717, 1.165) is 36.2 Å². The SMILES string of the molecule is CCCCCOc1cccc(C2/C(=C(\O)c3ccc(C)cc3)C(=O)C(=O)N2c2nc3ccc(F)cc3s2)c1. The number of fused-ring (bicyclic) bond motifs is 1. The Hall–Kier alpha value is -4.04. The third-order valence-corrected chi connectivity index (χ3v) is 7.52. The highest BCUT2D eigenvalue weighted by Gasteiger charge is 2.48. The molecule has 1 amide bonds. The number of thiazole rings is 1. The van der Waals surface area contributed by atoms with E-state index >= 15 is 0 Å². The second kappa shape index (κ2) is 10.8.